The summed E-state index contributed by atoms with van der Waals surface area (Å²) in [6, 6.07) is 0. The van der Waals surface area contributed by atoms with Crippen molar-refractivity contribution in [3.8, 4) is 0 Å². The van der Waals surface area contributed by atoms with Gasteiger partial charge in [0.2, 0.25) is 11.9 Å². The fourth-order valence-electron chi connectivity index (χ4n) is 1.31. The summed E-state index contributed by atoms with van der Waals surface area (Å²) in [5.41, 5.74) is 4.41. The van der Waals surface area contributed by atoms with E-state index in [1.165, 1.54) is 15.9 Å². The first-order valence-corrected chi connectivity index (χ1v) is 4.89. The third kappa shape index (κ3) is 3.85. The monoisotopic (exact) mass is 227 g/mol. The van der Waals surface area contributed by atoms with Crippen molar-refractivity contribution >= 4 is 11.9 Å². The van der Waals surface area contributed by atoms with Crippen LogP contribution in [0.2, 0.25) is 0 Å². The standard InChI is InChI=1S/C9H17N5O2/c1-9(2,16)5-13(3)7(15)4-14-6-11-8(10)12-14/h6,16H,4-5H2,1-3H3,(H2,10,12). The van der Waals surface area contributed by atoms with E-state index in [1.54, 1.807) is 20.9 Å². The van der Waals surface area contributed by atoms with E-state index in [4.69, 9.17) is 5.73 Å². The number of likely N-dealkylation sites (N-methyl/N-ethyl adjacent to an activating group) is 1. The fourth-order valence-corrected chi connectivity index (χ4v) is 1.31. The van der Waals surface area contributed by atoms with Crippen LogP contribution in [0.25, 0.3) is 0 Å². The maximum atomic E-state index is 11.7. The van der Waals surface area contributed by atoms with E-state index in [9.17, 15) is 9.90 Å². The van der Waals surface area contributed by atoms with Crippen LogP contribution in [0.4, 0.5) is 5.95 Å². The van der Waals surface area contributed by atoms with Crippen molar-refractivity contribution in [2.75, 3.05) is 19.3 Å². The molecular weight excluding hydrogens is 210 g/mol. The van der Waals surface area contributed by atoms with Crippen LogP contribution in [-0.2, 0) is 11.3 Å². The number of amides is 1. The van der Waals surface area contributed by atoms with Crippen LogP contribution in [0.1, 0.15) is 13.8 Å². The van der Waals surface area contributed by atoms with Crippen molar-refractivity contribution in [2.24, 2.45) is 0 Å². The maximum absolute atomic E-state index is 11.7. The summed E-state index contributed by atoms with van der Waals surface area (Å²) in [7, 11) is 1.63. The number of hydrogen-bond donors (Lipinski definition) is 2. The van der Waals surface area contributed by atoms with Gasteiger partial charge in [-0.25, -0.2) is 9.67 Å². The predicted molar refractivity (Wildman–Crippen MR) is 58.4 cm³/mol. The number of aromatic nitrogens is 3. The summed E-state index contributed by atoms with van der Waals surface area (Å²) < 4.78 is 1.36. The van der Waals surface area contributed by atoms with E-state index < -0.39 is 5.60 Å². The van der Waals surface area contributed by atoms with Crippen LogP contribution >= 0.6 is 0 Å². The molecule has 0 atom stereocenters. The number of nitrogen functional groups attached to an aromatic ring is 1. The van der Waals surface area contributed by atoms with Gasteiger partial charge >= 0.3 is 0 Å². The second-order valence-electron chi connectivity index (χ2n) is 4.36. The van der Waals surface area contributed by atoms with E-state index in [0.717, 1.165) is 0 Å². The fraction of sp³-hybridized carbons (Fsp3) is 0.667. The lowest BCUT2D eigenvalue weighted by atomic mass is 10.1. The highest BCUT2D eigenvalue weighted by molar-refractivity contribution is 5.75. The Hall–Kier alpha value is -1.63. The van der Waals surface area contributed by atoms with Crippen molar-refractivity contribution in [3.63, 3.8) is 0 Å². The zero-order valence-electron chi connectivity index (χ0n) is 9.71. The van der Waals surface area contributed by atoms with Crippen LogP contribution in [0.3, 0.4) is 0 Å². The molecule has 0 unspecified atom stereocenters. The first kappa shape index (κ1) is 12.4. The smallest absolute Gasteiger partial charge is 0.244 e. The number of anilines is 1. The lowest BCUT2D eigenvalue weighted by molar-refractivity contribution is -0.133. The van der Waals surface area contributed by atoms with Gasteiger partial charge in [0, 0.05) is 13.6 Å². The Labute approximate surface area is 93.9 Å². The first-order chi connectivity index (χ1) is 7.28. The van der Waals surface area contributed by atoms with Gasteiger partial charge < -0.3 is 15.7 Å². The summed E-state index contributed by atoms with van der Waals surface area (Å²) in [6.07, 6.45) is 1.39. The van der Waals surface area contributed by atoms with Crippen molar-refractivity contribution in [1.29, 1.82) is 0 Å². The van der Waals surface area contributed by atoms with Gasteiger partial charge in [-0.15, -0.1) is 5.10 Å². The molecule has 3 N–H and O–H groups in total. The first-order valence-electron chi connectivity index (χ1n) is 4.89. The van der Waals surface area contributed by atoms with E-state index in [0.29, 0.717) is 0 Å². The van der Waals surface area contributed by atoms with E-state index in [1.807, 2.05) is 0 Å². The molecule has 16 heavy (non-hydrogen) atoms. The minimum absolute atomic E-state index is 0.0662. The maximum Gasteiger partial charge on any atom is 0.244 e. The largest absolute Gasteiger partial charge is 0.389 e. The average molecular weight is 227 g/mol. The molecule has 7 heteroatoms. The van der Waals surface area contributed by atoms with Gasteiger partial charge in [-0.2, -0.15) is 0 Å². The topological polar surface area (TPSA) is 97.3 Å². The number of nitrogens with zero attached hydrogens (tertiary/aromatic N) is 4. The molecule has 0 saturated heterocycles. The van der Waals surface area contributed by atoms with Gasteiger partial charge in [0.1, 0.15) is 12.9 Å². The normalized spacial score (nSPS) is 11.5. The predicted octanol–water partition coefficient (Wildman–Crippen LogP) is -0.910. The number of hydrogen-bond acceptors (Lipinski definition) is 5. The summed E-state index contributed by atoms with van der Waals surface area (Å²) in [5.74, 6) is -0.0232. The molecule has 0 saturated carbocycles. The van der Waals surface area contributed by atoms with E-state index >= 15 is 0 Å². The van der Waals surface area contributed by atoms with Crippen LogP contribution < -0.4 is 5.73 Å². The second-order valence-corrected chi connectivity index (χ2v) is 4.36. The number of rotatable bonds is 4. The Morgan fingerprint density at radius 3 is 2.75 bits per heavy atom. The van der Waals surface area contributed by atoms with Crippen LogP contribution in [0, 0.1) is 0 Å². The summed E-state index contributed by atoms with van der Waals surface area (Å²) in [6.45, 7) is 3.61. The van der Waals surface area contributed by atoms with Crippen LogP contribution in [-0.4, -0.2) is 49.9 Å². The van der Waals surface area contributed by atoms with Gasteiger partial charge in [0.05, 0.1) is 5.60 Å². The lowest BCUT2D eigenvalue weighted by Crippen LogP contribution is -2.41. The quantitative estimate of drug-likeness (QED) is 0.694. The highest BCUT2D eigenvalue weighted by Gasteiger charge is 2.19. The molecule has 0 fully saturated rings. The molecular formula is C9H17N5O2. The molecule has 0 aromatic carbocycles. The Balaban J connectivity index is 2.52. The Kier molecular flexibility index (Phi) is 3.48. The molecule has 0 aliphatic carbocycles. The van der Waals surface area contributed by atoms with Gasteiger partial charge in [-0.3, -0.25) is 4.79 Å². The Morgan fingerprint density at radius 1 is 1.69 bits per heavy atom. The molecule has 1 aromatic heterocycles. The van der Waals surface area contributed by atoms with Crippen molar-refractivity contribution in [2.45, 2.75) is 26.0 Å². The van der Waals surface area contributed by atoms with Crippen molar-refractivity contribution < 1.29 is 9.90 Å². The lowest BCUT2D eigenvalue weighted by Gasteiger charge is -2.25. The summed E-state index contributed by atoms with van der Waals surface area (Å²) in [5, 5.41) is 13.4. The number of carbonyl (C=O) groups excluding carboxylic acids is 1. The van der Waals surface area contributed by atoms with Gasteiger partial charge in [0.25, 0.3) is 0 Å². The molecule has 0 radical (unpaired) electrons. The second kappa shape index (κ2) is 4.48. The molecule has 0 spiro atoms. The Morgan fingerprint density at radius 2 is 2.31 bits per heavy atom. The van der Waals surface area contributed by atoms with Crippen molar-refractivity contribution in [1.82, 2.24) is 19.7 Å². The van der Waals surface area contributed by atoms with Gasteiger partial charge in [-0.1, -0.05) is 0 Å². The molecule has 1 rings (SSSR count). The third-order valence-electron chi connectivity index (χ3n) is 1.90. The molecule has 0 aliphatic heterocycles. The number of aliphatic hydroxyl groups is 1. The van der Waals surface area contributed by atoms with Gasteiger partial charge in [0.15, 0.2) is 0 Å². The zero-order chi connectivity index (χ0) is 12.3. The van der Waals surface area contributed by atoms with E-state index in [-0.39, 0.29) is 24.9 Å². The highest BCUT2D eigenvalue weighted by atomic mass is 16.3. The average Bonchev–Trinajstić information content (AvgIpc) is 2.48. The van der Waals surface area contributed by atoms with Gasteiger partial charge in [-0.05, 0) is 13.8 Å². The molecule has 0 aliphatic rings. The molecule has 1 amide bonds. The van der Waals surface area contributed by atoms with Crippen LogP contribution in [0.15, 0.2) is 6.33 Å². The molecule has 1 heterocycles. The molecule has 7 nitrogen and oxygen atoms in total. The summed E-state index contributed by atoms with van der Waals surface area (Å²) >= 11 is 0. The van der Waals surface area contributed by atoms with E-state index in [2.05, 4.69) is 10.1 Å². The van der Waals surface area contributed by atoms with Crippen LogP contribution in [0.5, 0.6) is 0 Å². The number of nitrogens with two attached hydrogens (primary N) is 1. The van der Waals surface area contributed by atoms with Crippen molar-refractivity contribution in [3.05, 3.63) is 6.33 Å². The SMILES string of the molecule is CN(CC(C)(C)O)C(=O)Cn1cnc(N)n1. The number of carbonyl (C=O) groups is 1. The molecule has 0 bridgehead atoms. The zero-order valence-corrected chi connectivity index (χ0v) is 9.71. The molecule has 1 aromatic rings. The minimum Gasteiger partial charge on any atom is -0.389 e. The third-order valence-corrected chi connectivity index (χ3v) is 1.90. The highest BCUT2D eigenvalue weighted by Crippen LogP contribution is 2.03. The Bertz CT molecular complexity index is 368. The molecule has 90 valence electrons. The summed E-state index contributed by atoms with van der Waals surface area (Å²) in [4.78, 5) is 16.8. The minimum atomic E-state index is -0.911.